The van der Waals surface area contributed by atoms with Gasteiger partial charge in [0.2, 0.25) is 0 Å². The Morgan fingerprint density at radius 1 is 1.03 bits per heavy atom. The molecule has 4 rings (SSSR count). The molecule has 0 aromatic carbocycles. The van der Waals surface area contributed by atoms with Crippen LogP contribution in [0.25, 0.3) is 0 Å². The van der Waals surface area contributed by atoms with Crippen molar-refractivity contribution >= 4 is 11.9 Å². The van der Waals surface area contributed by atoms with E-state index in [9.17, 15) is 27.9 Å². The minimum Gasteiger partial charge on any atom is -0.545 e. The van der Waals surface area contributed by atoms with Crippen LogP contribution in [-0.4, -0.2) is 49.2 Å². The summed E-state index contributed by atoms with van der Waals surface area (Å²) in [4.78, 5) is 19.0. The third-order valence-corrected chi connectivity index (χ3v) is 10.3. The van der Waals surface area contributed by atoms with Gasteiger partial charge < -0.3 is 24.9 Å². The molecule has 0 amide bonds. The number of hydrogen-bond acceptors (Lipinski definition) is 5. The van der Waals surface area contributed by atoms with E-state index in [0.29, 0.717) is 54.1 Å². The van der Waals surface area contributed by atoms with Crippen molar-refractivity contribution in [2.75, 3.05) is 20.8 Å². The van der Waals surface area contributed by atoms with E-state index >= 15 is 0 Å². The molecule has 0 bridgehead atoms. The second-order valence-electron chi connectivity index (χ2n) is 12.0. The van der Waals surface area contributed by atoms with Gasteiger partial charge in [0.15, 0.2) is 0 Å². The van der Waals surface area contributed by atoms with Crippen molar-refractivity contribution in [3.8, 4) is 0 Å². The monoisotopic (exact) mass is 570 g/mol. The van der Waals surface area contributed by atoms with Crippen LogP contribution in [0, 0.1) is 52.8 Å². The zero-order chi connectivity index (χ0) is 28.7. The number of carbonyl (C=O) groups excluding carboxylic acids is 1. The second-order valence-corrected chi connectivity index (χ2v) is 12.0. The van der Waals surface area contributed by atoms with E-state index in [1.54, 1.807) is 7.11 Å². The van der Waals surface area contributed by atoms with Gasteiger partial charge in [-0.3, -0.25) is 0 Å². The predicted molar refractivity (Wildman–Crippen MR) is 136 cm³/mol. The zero-order valence-electron chi connectivity index (χ0n) is 24.2. The molecule has 0 aromatic rings. The molecule has 0 radical (unpaired) electrons. The standard InChI is InChI=1S/C24H39F3O.C4H4O4.CH4O.Na/c1-15(11-13-28-3)21-8-9-22-20-6-4-16-14-17(24(25,26)27)5-7-18(16)19(20)10-12-23(21,22)2;5-3(6)1-2-4(7)8;1-2;/h15-22H,4-14H2,1-3H3;1-2H,(H,5,6)(H,7,8);2H,1H3;/q;;;+1/p-1/b;2-1+;;/t15-,16?,17?,18?,19?,20?,21?,22?,23?;;;/m1.../s1. The molecule has 220 valence electrons. The van der Waals surface area contributed by atoms with E-state index in [4.69, 9.17) is 14.9 Å². The van der Waals surface area contributed by atoms with Gasteiger partial charge >= 0.3 is 41.7 Å². The molecular formula is C29H46F3NaO6. The Labute approximate surface area is 253 Å². The number of aliphatic hydroxyl groups is 1. The first-order valence-corrected chi connectivity index (χ1v) is 14.0. The van der Waals surface area contributed by atoms with Crippen molar-refractivity contribution in [3.63, 3.8) is 0 Å². The van der Waals surface area contributed by atoms with Crippen LogP contribution in [-0.2, 0) is 14.3 Å². The third-order valence-electron chi connectivity index (χ3n) is 10.3. The minimum atomic E-state index is -3.98. The fourth-order valence-electron chi connectivity index (χ4n) is 8.77. The molecule has 0 saturated heterocycles. The van der Waals surface area contributed by atoms with Crippen molar-refractivity contribution in [1.29, 1.82) is 0 Å². The summed E-state index contributed by atoms with van der Waals surface area (Å²) in [5.74, 6) is 0.884. The quantitative estimate of drug-likeness (QED) is 0.374. The molecular weight excluding hydrogens is 524 g/mol. The molecule has 6 nitrogen and oxygen atoms in total. The van der Waals surface area contributed by atoms with Crippen molar-refractivity contribution in [2.45, 2.75) is 84.2 Å². The van der Waals surface area contributed by atoms with E-state index in [0.717, 1.165) is 50.7 Å². The summed E-state index contributed by atoms with van der Waals surface area (Å²) < 4.78 is 45.1. The smallest absolute Gasteiger partial charge is 0.545 e. The number of rotatable bonds is 6. The topological polar surface area (TPSA) is 107 Å². The van der Waals surface area contributed by atoms with E-state index in [1.165, 1.54) is 32.1 Å². The average molecular weight is 571 g/mol. The largest absolute Gasteiger partial charge is 1.00 e. The zero-order valence-corrected chi connectivity index (χ0v) is 26.2. The molecule has 4 aliphatic rings. The van der Waals surface area contributed by atoms with Crippen LogP contribution in [0.3, 0.4) is 0 Å². The Morgan fingerprint density at radius 3 is 2.21 bits per heavy atom. The predicted octanol–water partition coefficient (Wildman–Crippen LogP) is 2.10. The van der Waals surface area contributed by atoms with Crippen LogP contribution in [0.5, 0.6) is 0 Å². The summed E-state index contributed by atoms with van der Waals surface area (Å²) in [5.41, 5.74) is 0.449. The van der Waals surface area contributed by atoms with Crippen molar-refractivity contribution < 1.29 is 72.4 Å². The normalized spacial score (nSPS) is 35.9. The van der Waals surface area contributed by atoms with Gasteiger partial charge in [-0.05, 0) is 117 Å². The van der Waals surface area contributed by atoms with Crippen LogP contribution in [0.15, 0.2) is 12.2 Å². The third kappa shape index (κ3) is 9.19. The van der Waals surface area contributed by atoms with Gasteiger partial charge in [0.25, 0.3) is 0 Å². The minimum absolute atomic E-state index is 0. The van der Waals surface area contributed by atoms with Crippen molar-refractivity contribution in [1.82, 2.24) is 0 Å². The number of aliphatic hydroxyl groups excluding tert-OH is 1. The molecule has 4 aliphatic carbocycles. The van der Waals surface area contributed by atoms with E-state index in [2.05, 4.69) is 13.8 Å². The molecule has 4 saturated carbocycles. The maximum atomic E-state index is 13.3. The summed E-state index contributed by atoms with van der Waals surface area (Å²) >= 11 is 0. The number of methoxy groups -OCH3 is 1. The SMILES string of the molecule is CO.COCC[C@@H](C)C1CCC2C3CCC4CC(C(F)(F)F)CCC4C3CCC21C.O=C([O-])/C=C/C(=O)O.[Na+]. The number of hydrogen-bond donors (Lipinski definition) is 2. The molecule has 8 unspecified atom stereocenters. The first kappa shape index (κ1) is 36.4. The number of halogens is 3. The molecule has 9 atom stereocenters. The second kappa shape index (κ2) is 16.1. The van der Waals surface area contributed by atoms with Gasteiger partial charge in [0.1, 0.15) is 0 Å². The van der Waals surface area contributed by atoms with E-state index in [1.807, 2.05) is 0 Å². The van der Waals surface area contributed by atoms with Crippen LogP contribution in [0.2, 0.25) is 0 Å². The Kier molecular flexibility index (Phi) is 15.1. The summed E-state index contributed by atoms with van der Waals surface area (Å²) in [6.45, 7) is 5.83. The van der Waals surface area contributed by atoms with Gasteiger partial charge in [-0.25, -0.2) is 4.79 Å². The first-order valence-electron chi connectivity index (χ1n) is 14.0. The van der Waals surface area contributed by atoms with Crippen molar-refractivity contribution in [3.05, 3.63) is 12.2 Å². The Bertz CT molecular complexity index is 790. The van der Waals surface area contributed by atoms with Crippen LogP contribution in [0.4, 0.5) is 13.2 Å². The number of carboxylic acids is 2. The molecule has 4 fully saturated rings. The Morgan fingerprint density at radius 2 is 1.67 bits per heavy atom. The molecule has 0 spiro atoms. The van der Waals surface area contributed by atoms with E-state index in [-0.39, 0.29) is 29.6 Å². The summed E-state index contributed by atoms with van der Waals surface area (Å²) in [7, 11) is 2.79. The first-order chi connectivity index (χ1) is 17.9. The molecule has 10 heteroatoms. The summed E-state index contributed by atoms with van der Waals surface area (Å²) in [5, 5.41) is 24.2. The van der Waals surface area contributed by atoms with Crippen LogP contribution < -0.4 is 34.7 Å². The van der Waals surface area contributed by atoms with Gasteiger partial charge in [-0.15, -0.1) is 0 Å². The number of ether oxygens (including phenoxy) is 1. The number of fused-ring (bicyclic) bond motifs is 5. The van der Waals surface area contributed by atoms with Crippen molar-refractivity contribution in [2.24, 2.45) is 52.8 Å². The summed E-state index contributed by atoms with van der Waals surface area (Å²) in [6, 6.07) is 0. The van der Waals surface area contributed by atoms with Gasteiger partial charge in [-0.1, -0.05) is 13.8 Å². The Balaban J connectivity index is 0.000000599. The van der Waals surface area contributed by atoms with Gasteiger partial charge in [-0.2, -0.15) is 13.2 Å². The molecule has 39 heavy (non-hydrogen) atoms. The average Bonchev–Trinajstić information content (AvgIpc) is 3.24. The van der Waals surface area contributed by atoms with Gasteiger partial charge in [0.05, 0.1) is 11.9 Å². The fraction of sp³-hybridized carbons (Fsp3) is 0.862. The molecule has 0 heterocycles. The van der Waals surface area contributed by atoms with Crippen LogP contribution >= 0.6 is 0 Å². The fourth-order valence-corrected chi connectivity index (χ4v) is 8.77. The molecule has 0 aromatic heterocycles. The maximum Gasteiger partial charge on any atom is 1.00 e. The molecule has 2 N–H and O–H groups in total. The summed E-state index contributed by atoms with van der Waals surface area (Å²) in [6.07, 6.45) is 7.24. The van der Waals surface area contributed by atoms with Crippen LogP contribution in [0.1, 0.15) is 78.1 Å². The number of aliphatic carboxylic acids is 2. The maximum absolute atomic E-state index is 13.3. The Hall–Kier alpha value is -0.610. The number of carboxylic acid groups (broad SMARTS) is 2. The van der Waals surface area contributed by atoms with E-state index < -0.39 is 24.0 Å². The molecule has 0 aliphatic heterocycles. The number of carbonyl (C=O) groups is 2. The van der Waals surface area contributed by atoms with Gasteiger partial charge in [0, 0.05) is 26.9 Å². The number of alkyl halides is 3.